The van der Waals surface area contributed by atoms with E-state index in [2.05, 4.69) is 41.5 Å². The lowest BCUT2D eigenvalue weighted by molar-refractivity contribution is -0.161. The first-order valence-corrected chi connectivity index (χ1v) is 44.5. The van der Waals surface area contributed by atoms with Gasteiger partial charge in [0.15, 0.2) is 12.2 Å². The number of phosphoric ester groups is 2. The molecule has 99 heavy (non-hydrogen) atoms. The van der Waals surface area contributed by atoms with Crippen LogP contribution in [0.5, 0.6) is 0 Å². The van der Waals surface area contributed by atoms with Crippen LogP contribution in [0, 0.1) is 11.8 Å². The molecule has 0 aliphatic heterocycles. The van der Waals surface area contributed by atoms with Gasteiger partial charge in [-0.05, 0) is 37.5 Å². The zero-order valence-electron chi connectivity index (χ0n) is 64.8. The van der Waals surface area contributed by atoms with Gasteiger partial charge in [-0.25, -0.2) is 9.13 Å². The zero-order chi connectivity index (χ0) is 72.8. The molecule has 3 unspecified atom stereocenters. The van der Waals surface area contributed by atoms with Gasteiger partial charge < -0.3 is 33.8 Å². The third-order valence-corrected chi connectivity index (χ3v) is 21.0. The fourth-order valence-corrected chi connectivity index (χ4v) is 13.9. The highest BCUT2D eigenvalue weighted by atomic mass is 31.2. The summed E-state index contributed by atoms with van der Waals surface area (Å²) in [5.74, 6) is -0.629. The van der Waals surface area contributed by atoms with Crippen LogP contribution in [0.2, 0.25) is 0 Å². The number of aliphatic hydroxyl groups excluding tert-OH is 1. The van der Waals surface area contributed by atoms with Crippen molar-refractivity contribution in [3.05, 3.63) is 0 Å². The van der Waals surface area contributed by atoms with Crippen molar-refractivity contribution in [3.63, 3.8) is 0 Å². The third-order valence-electron chi connectivity index (χ3n) is 19.1. The maximum absolute atomic E-state index is 13.1. The van der Waals surface area contributed by atoms with E-state index in [0.717, 1.165) is 108 Å². The molecule has 588 valence electrons. The summed E-state index contributed by atoms with van der Waals surface area (Å²) in [6, 6.07) is 0. The van der Waals surface area contributed by atoms with Crippen LogP contribution in [0.25, 0.3) is 0 Å². The number of phosphoric acid groups is 2. The van der Waals surface area contributed by atoms with Crippen LogP contribution in [0.3, 0.4) is 0 Å². The van der Waals surface area contributed by atoms with Crippen LogP contribution in [0.1, 0.15) is 420 Å². The highest BCUT2D eigenvalue weighted by molar-refractivity contribution is 7.47. The molecule has 3 N–H and O–H groups in total. The molecular weight excluding hydrogens is 1290 g/mol. The number of ether oxygens (including phenoxy) is 4. The molecule has 0 saturated heterocycles. The monoisotopic (exact) mass is 1450 g/mol. The van der Waals surface area contributed by atoms with E-state index in [0.29, 0.717) is 25.7 Å². The van der Waals surface area contributed by atoms with Gasteiger partial charge >= 0.3 is 39.5 Å². The average molecular weight is 1450 g/mol. The van der Waals surface area contributed by atoms with Crippen LogP contribution >= 0.6 is 15.6 Å². The molecule has 0 radical (unpaired) electrons. The Morgan fingerprint density at radius 3 is 0.768 bits per heavy atom. The molecule has 0 aliphatic carbocycles. The predicted molar refractivity (Wildman–Crippen MR) is 405 cm³/mol. The van der Waals surface area contributed by atoms with E-state index in [4.69, 9.17) is 37.0 Å². The molecule has 0 spiro atoms. The SMILES string of the molecule is CCCCCCCCCCCCCCCCCCCCC(=O)OC[C@H](COP(=O)(O)OC[C@@H](O)COP(=O)(O)OC[C@@H](COC(=O)CCCCCCCCC(C)CC)OC(=O)CCCCCCCCCCCCC(C)C)OC(=O)CCCCCCCCCCCCCCCCCCCC. The van der Waals surface area contributed by atoms with Gasteiger partial charge in [0.2, 0.25) is 0 Å². The lowest BCUT2D eigenvalue weighted by atomic mass is 10.00. The zero-order valence-corrected chi connectivity index (χ0v) is 66.6. The molecule has 0 aromatic rings. The molecular formula is C80H156O17P2. The standard InChI is InChI=1S/C80H156O17P2/c1-7-10-12-14-16-18-20-22-24-26-28-30-32-34-39-43-50-56-62-77(82)90-68-75(96-79(84)64-58-52-44-40-35-33-31-29-27-25-23-21-19-17-15-13-11-8-2)70-94-98(86,87)92-66-74(81)67-93-99(88,89)95-71-76(69-91-78(83)63-57-51-47-46-49-55-61-73(6)9-3)97-80(85)65-59-53-45-41-37-36-38-42-48-54-60-72(4)5/h72-76,81H,7-71H2,1-6H3,(H,86,87)(H,88,89)/t73?,74-,75-,76-/m1/s1. The van der Waals surface area contributed by atoms with Crippen molar-refractivity contribution in [1.82, 2.24) is 0 Å². The number of rotatable bonds is 79. The Bertz CT molecular complexity index is 1910. The molecule has 17 nitrogen and oxygen atoms in total. The average Bonchev–Trinajstić information content (AvgIpc) is 2.22. The van der Waals surface area contributed by atoms with Crippen molar-refractivity contribution in [2.75, 3.05) is 39.6 Å². The fraction of sp³-hybridized carbons (Fsp3) is 0.950. The second-order valence-corrected chi connectivity index (χ2v) is 32.4. The molecule has 19 heteroatoms. The second-order valence-electron chi connectivity index (χ2n) is 29.5. The third kappa shape index (κ3) is 72.8. The number of hydrogen-bond acceptors (Lipinski definition) is 15. The lowest BCUT2D eigenvalue weighted by Gasteiger charge is -2.21. The molecule has 0 rings (SSSR count). The van der Waals surface area contributed by atoms with Crippen molar-refractivity contribution >= 4 is 39.5 Å². The summed E-state index contributed by atoms with van der Waals surface area (Å²) < 4.78 is 68.7. The largest absolute Gasteiger partial charge is 0.472 e. The van der Waals surface area contributed by atoms with Crippen molar-refractivity contribution in [2.24, 2.45) is 11.8 Å². The van der Waals surface area contributed by atoms with Gasteiger partial charge in [-0.2, -0.15) is 0 Å². The highest BCUT2D eigenvalue weighted by Crippen LogP contribution is 2.45. The molecule has 0 aliphatic rings. The van der Waals surface area contributed by atoms with Gasteiger partial charge in [-0.1, -0.05) is 369 Å². The van der Waals surface area contributed by atoms with Gasteiger partial charge in [-0.15, -0.1) is 0 Å². The molecule has 0 aromatic heterocycles. The fourth-order valence-electron chi connectivity index (χ4n) is 12.3. The molecule has 0 fully saturated rings. The summed E-state index contributed by atoms with van der Waals surface area (Å²) in [6.07, 6.45) is 61.1. The number of aliphatic hydroxyl groups is 1. The molecule has 0 heterocycles. The first-order valence-electron chi connectivity index (χ1n) is 41.5. The minimum atomic E-state index is -4.96. The summed E-state index contributed by atoms with van der Waals surface area (Å²) in [5.41, 5.74) is 0. The van der Waals surface area contributed by atoms with E-state index in [1.807, 2.05) is 0 Å². The maximum atomic E-state index is 13.1. The van der Waals surface area contributed by atoms with Crippen molar-refractivity contribution in [1.29, 1.82) is 0 Å². The Balaban J connectivity index is 5.24. The number of unbranched alkanes of at least 4 members (excludes halogenated alkanes) is 48. The lowest BCUT2D eigenvalue weighted by Crippen LogP contribution is -2.30. The quantitative estimate of drug-likeness (QED) is 0.0222. The van der Waals surface area contributed by atoms with Gasteiger partial charge in [0.25, 0.3) is 0 Å². The van der Waals surface area contributed by atoms with Crippen molar-refractivity contribution < 1.29 is 80.2 Å². The predicted octanol–water partition coefficient (Wildman–Crippen LogP) is 23.9. The molecule has 0 bridgehead atoms. The molecule has 0 amide bonds. The normalized spacial score (nSPS) is 14.2. The maximum Gasteiger partial charge on any atom is 0.472 e. The summed E-state index contributed by atoms with van der Waals surface area (Å²) in [5, 5.41) is 10.6. The van der Waals surface area contributed by atoms with Crippen LogP contribution in [0.4, 0.5) is 0 Å². The van der Waals surface area contributed by atoms with Crippen LogP contribution in [-0.4, -0.2) is 96.7 Å². The molecule has 6 atom stereocenters. The topological polar surface area (TPSA) is 237 Å². The van der Waals surface area contributed by atoms with E-state index < -0.39 is 97.5 Å². The number of hydrogen-bond donors (Lipinski definition) is 3. The van der Waals surface area contributed by atoms with Crippen molar-refractivity contribution in [2.45, 2.75) is 439 Å². The van der Waals surface area contributed by atoms with E-state index in [9.17, 15) is 43.2 Å². The van der Waals surface area contributed by atoms with Gasteiger partial charge in [-0.3, -0.25) is 37.3 Å². The number of esters is 4. The van der Waals surface area contributed by atoms with Crippen molar-refractivity contribution in [3.8, 4) is 0 Å². The highest BCUT2D eigenvalue weighted by Gasteiger charge is 2.30. The second kappa shape index (κ2) is 71.7. The Hall–Kier alpha value is -1.94. The summed E-state index contributed by atoms with van der Waals surface area (Å²) in [4.78, 5) is 73.0. The van der Waals surface area contributed by atoms with E-state index >= 15 is 0 Å². The van der Waals surface area contributed by atoms with Crippen LogP contribution < -0.4 is 0 Å². The Morgan fingerprint density at radius 2 is 0.515 bits per heavy atom. The van der Waals surface area contributed by atoms with Gasteiger partial charge in [0.1, 0.15) is 19.3 Å². The van der Waals surface area contributed by atoms with E-state index in [1.165, 1.54) is 231 Å². The smallest absolute Gasteiger partial charge is 0.462 e. The summed E-state index contributed by atoms with van der Waals surface area (Å²) in [7, 11) is -9.92. The Kier molecular flexibility index (Phi) is 70.3. The van der Waals surface area contributed by atoms with Gasteiger partial charge in [0.05, 0.1) is 26.4 Å². The first-order chi connectivity index (χ1) is 47.9. The van der Waals surface area contributed by atoms with Crippen LogP contribution in [-0.2, 0) is 65.4 Å². The summed E-state index contributed by atoms with van der Waals surface area (Å²) >= 11 is 0. The first kappa shape index (κ1) is 97.1. The Morgan fingerprint density at radius 1 is 0.293 bits per heavy atom. The molecule has 0 aromatic carbocycles. The Labute approximate surface area is 607 Å². The van der Waals surface area contributed by atoms with Crippen LogP contribution in [0.15, 0.2) is 0 Å². The molecule has 0 saturated carbocycles. The van der Waals surface area contributed by atoms with Gasteiger partial charge in [0, 0.05) is 25.7 Å². The minimum Gasteiger partial charge on any atom is -0.462 e. The van der Waals surface area contributed by atoms with E-state index in [-0.39, 0.29) is 25.7 Å². The number of carbonyl (C=O) groups is 4. The van der Waals surface area contributed by atoms with E-state index in [1.54, 1.807) is 0 Å². The number of carbonyl (C=O) groups excluding carboxylic acids is 4. The minimum absolute atomic E-state index is 0.105. The summed E-state index contributed by atoms with van der Waals surface area (Å²) in [6.45, 7) is 9.58.